The van der Waals surface area contributed by atoms with Crippen molar-refractivity contribution in [2.75, 3.05) is 6.54 Å². The van der Waals surface area contributed by atoms with Crippen LogP contribution in [0.5, 0.6) is 0 Å². The maximum atomic E-state index is 12.0. The summed E-state index contributed by atoms with van der Waals surface area (Å²) in [5.74, 6) is 1.29. The molecular formula is C14H20ClN3O2. The van der Waals surface area contributed by atoms with E-state index in [1.165, 1.54) is 10.6 Å². The molecule has 110 valence electrons. The number of hydrogen-bond donors (Lipinski definition) is 1. The Kier molecular flexibility index (Phi) is 4.81. The summed E-state index contributed by atoms with van der Waals surface area (Å²) in [5.41, 5.74) is -0.258. The van der Waals surface area contributed by atoms with Gasteiger partial charge in [0.2, 0.25) is 5.91 Å². The van der Waals surface area contributed by atoms with Gasteiger partial charge in [-0.15, -0.1) is 0 Å². The Labute approximate surface area is 123 Å². The van der Waals surface area contributed by atoms with Crippen molar-refractivity contribution in [1.29, 1.82) is 0 Å². The van der Waals surface area contributed by atoms with E-state index in [9.17, 15) is 9.59 Å². The maximum Gasteiger partial charge on any atom is 0.255 e. The van der Waals surface area contributed by atoms with Gasteiger partial charge in [0.25, 0.3) is 5.56 Å². The summed E-state index contributed by atoms with van der Waals surface area (Å²) < 4.78 is 1.44. The highest BCUT2D eigenvalue weighted by atomic mass is 35.5. The molecule has 1 fully saturated rings. The molecule has 1 aromatic heterocycles. The number of halogens is 1. The molecule has 0 radical (unpaired) electrons. The lowest BCUT2D eigenvalue weighted by Gasteiger charge is -2.12. The predicted octanol–water partition coefficient (Wildman–Crippen LogP) is 1.94. The Morgan fingerprint density at radius 2 is 2.25 bits per heavy atom. The topological polar surface area (TPSA) is 64.0 Å². The quantitative estimate of drug-likeness (QED) is 0.816. The molecule has 6 heteroatoms. The van der Waals surface area contributed by atoms with Gasteiger partial charge in [0.1, 0.15) is 17.5 Å². The molecule has 0 unspecified atom stereocenters. The summed E-state index contributed by atoms with van der Waals surface area (Å²) in [6, 6.07) is 1.26. The molecule has 0 bridgehead atoms. The molecule has 1 amide bonds. The van der Waals surface area contributed by atoms with E-state index < -0.39 is 0 Å². The van der Waals surface area contributed by atoms with Gasteiger partial charge in [0.15, 0.2) is 0 Å². The fourth-order valence-corrected chi connectivity index (χ4v) is 2.19. The van der Waals surface area contributed by atoms with Crippen LogP contribution in [0.2, 0.25) is 5.15 Å². The van der Waals surface area contributed by atoms with Crippen LogP contribution < -0.4 is 10.9 Å². The van der Waals surface area contributed by atoms with Crippen molar-refractivity contribution in [3.63, 3.8) is 0 Å². The second-order valence-corrected chi connectivity index (χ2v) is 6.06. The number of hydrogen-bond acceptors (Lipinski definition) is 3. The van der Waals surface area contributed by atoms with Crippen LogP contribution in [0.1, 0.15) is 44.9 Å². The number of carbonyl (C=O) groups is 1. The Bertz CT molecular complexity index is 550. The SMILES string of the molecule is CC(C)CCNC(=O)Cn1c(C2CC2)nc(Cl)cc1=O. The lowest BCUT2D eigenvalue weighted by atomic mass is 10.1. The van der Waals surface area contributed by atoms with E-state index in [1.807, 2.05) is 0 Å². The lowest BCUT2D eigenvalue weighted by molar-refractivity contribution is -0.121. The summed E-state index contributed by atoms with van der Waals surface area (Å²) in [6.07, 6.45) is 2.93. The van der Waals surface area contributed by atoms with Gasteiger partial charge in [-0.05, 0) is 25.2 Å². The first-order valence-corrected chi connectivity index (χ1v) is 7.39. The zero-order valence-corrected chi connectivity index (χ0v) is 12.6. The summed E-state index contributed by atoms with van der Waals surface area (Å²) in [7, 11) is 0. The molecule has 0 spiro atoms. The molecule has 0 atom stereocenters. The second-order valence-electron chi connectivity index (χ2n) is 5.67. The van der Waals surface area contributed by atoms with E-state index >= 15 is 0 Å². The van der Waals surface area contributed by atoms with Crippen molar-refractivity contribution in [2.45, 2.75) is 45.6 Å². The standard InChI is InChI=1S/C14H20ClN3O2/c1-9(2)5-6-16-12(19)8-18-13(20)7-11(15)17-14(18)10-3-4-10/h7,9-10H,3-6,8H2,1-2H3,(H,16,19). The normalized spacial score (nSPS) is 14.6. The molecule has 5 nitrogen and oxygen atoms in total. The molecule has 20 heavy (non-hydrogen) atoms. The van der Waals surface area contributed by atoms with Crippen LogP contribution >= 0.6 is 11.6 Å². The van der Waals surface area contributed by atoms with Crippen LogP contribution in [0.25, 0.3) is 0 Å². The van der Waals surface area contributed by atoms with Crippen molar-refractivity contribution in [3.8, 4) is 0 Å². The molecule has 2 rings (SSSR count). The summed E-state index contributed by atoms with van der Waals surface area (Å²) >= 11 is 5.82. The highest BCUT2D eigenvalue weighted by Gasteiger charge is 2.29. The van der Waals surface area contributed by atoms with Crippen molar-refractivity contribution in [2.24, 2.45) is 5.92 Å². The smallest absolute Gasteiger partial charge is 0.255 e. The van der Waals surface area contributed by atoms with Crippen LogP contribution in [0.4, 0.5) is 0 Å². The molecule has 1 aliphatic rings. The van der Waals surface area contributed by atoms with Crippen molar-refractivity contribution >= 4 is 17.5 Å². The Morgan fingerprint density at radius 1 is 1.55 bits per heavy atom. The molecular weight excluding hydrogens is 278 g/mol. The van der Waals surface area contributed by atoms with Crippen LogP contribution in [0.3, 0.4) is 0 Å². The van der Waals surface area contributed by atoms with Crippen LogP contribution in [-0.4, -0.2) is 22.0 Å². The molecule has 0 saturated heterocycles. The maximum absolute atomic E-state index is 12.0. The number of carbonyl (C=O) groups excluding carboxylic acids is 1. The predicted molar refractivity (Wildman–Crippen MR) is 77.9 cm³/mol. The minimum absolute atomic E-state index is 0.0208. The Hall–Kier alpha value is -1.36. The fraction of sp³-hybridized carbons (Fsp3) is 0.643. The minimum Gasteiger partial charge on any atom is -0.355 e. The Morgan fingerprint density at radius 3 is 2.85 bits per heavy atom. The molecule has 0 aromatic carbocycles. The highest BCUT2D eigenvalue weighted by molar-refractivity contribution is 6.29. The van der Waals surface area contributed by atoms with E-state index in [0.29, 0.717) is 18.3 Å². The van der Waals surface area contributed by atoms with E-state index in [4.69, 9.17) is 11.6 Å². The minimum atomic E-state index is -0.258. The first-order valence-electron chi connectivity index (χ1n) is 7.01. The average Bonchev–Trinajstić information content (AvgIpc) is 3.15. The van der Waals surface area contributed by atoms with E-state index in [-0.39, 0.29) is 29.1 Å². The first-order chi connectivity index (χ1) is 9.47. The first kappa shape index (κ1) is 15.0. The molecule has 0 aliphatic heterocycles. The zero-order valence-electron chi connectivity index (χ0n) is 11.9. The van der Waals surface area contributed by atoms with Gasteiger partial charge < -0.3 is 5.32 Å². The summed E-state index contributed by atoms with van der Waals surface area (Å²) in [6.45, 7) is 4.86. The molecule has 1 aromatic rings. The summed E-state index contributed by atoms with van der Waals surface area (Å²) in [4.78, 5) is 28.1. The lowest BCUT2D eigenvalue weighted by Crippen LogP contribution is -2.34. The van der Waals surface area contributed by atoms with E-state index in [1.54, 1.807) is 0 Å². The third-order valence-electron chi connectivity index (χ3n) is 3.29. The van der Waals surface area contributed by atoms with Crippen molar-refractivity contribution in [1.82, 2.24) is 14.9 Å². The third kappa shape index (κ3) is 4.07. The van der Waals surface area contributed by atoms with E-state index in [2.05, 4.69) is 24.1 Å². The zero-order chi connectivity index (χ0) is 14.7. The number of amides is 1. The van der Waals surface area contributed by atoms with E-state index in [0.717, 1.165) is 19.3 Å². The second kappa shape index (κ2) is 6.39. The largest absolute Gasteiger partial charge is 0.355 e. The van der Waals surface area contributed by atoms with Crippen LogP contribution in [0, 0.1) is 5.92 Å². The number of nitrogens with zero attached hydrogens (tertiary/aromatic N) is 2. The number of rotatable bonds is 6. The van der Waals surface area contributed by atoms with Gasteiger partial charge in [-0.1, -0.05) is 25.4 Å². The van der Waals surface area contributed by atoms with Gasteiger partial charge in [-0.25, -0.2) is 4.98 Å². The van der Waals surface area contributed by atoms with Crippen molar-refractivity contribution in [3.05, 3.63) is 27.4 Å². The van der Waals surface area contributed by atoms with Crippen LogP contribution in [0.15, 0.2) is 10.9 Å². The van der Waals surface area contributed by atoms with Gasteiger partial charge in [-0.3, -0.25) is 14.2 Å². The number of nitrogens with one attached hydrogen (secondary N) is 1. The monoisotopic (exact) mass is 297 g/mol. The summed E-state index contributed by atoms with van der Waals surface area (Å²) in [5, 5.41) is 3.03. The van der Waals surface area contributed by atoms with Gasteiger partial charge in [0.05, 0.1) is 0 Å². The average molecular weight is 298 g/mol. The number of aromatic nitrogens is 2. The van der Waals surface area contributed by atoms with Crippen LogP contribution in [-0.2, 0) is 11.3 Å². The molecule has 1 heterocycles. The third-order valence-corrected chi connectivity index (χ3v) is 3.49. The highest BCUT2D eigenvalue weighted by Crippen LogP contribution is 2.38. The van der Waals surface area contributed by atoms with Gasteiger partial charge in [-0.2, -0.15) is 0 Å². The van der Waals surface area contributed by atoms with Gasteiger partial charge >= 0.3 is 0 Å². The molecule has 1 saturated carbocycles. The van der Waals surface area contributed by atoms with Crippen molar-refractivity contribution < 1.29 is 4.79 Å². The van der Waals surface area contributed by atoms with Gasteiger partial charge in [0, 0.05) is 18.5 Å². The Balaban J connectivity index is 2.05. The molecule has 1 N–H and O–H groups in total. The fourth-order valence-electron chi connectivity index (χ4n) is 2.01. The molecule has 1 aliphatic carbocycles.